The highest BCUT2D eigenvalue weighted by Crippen LogP contribution is 2.36. The fraction of sp³-hybridized carbons (Fsp3) is 0.462. The zero-order valence-electron chi connectivity index (χ0n) is 18.4. The van der Waals surface area contributed by atoms with E-state index in [4.69, 9.17) is 0 Å². The highest BCUT2D eigenvalue weighted by Gasteiger charge is 2.43. The quantitative estimate of drug-likeness (QED) is 0.780. The smallest absolute Gasteiger partial charge is 0.230 e. The molecular weight excluding hydrogens is 386 g/mol. The average Bonchev–Trinajstić information content (AvgIpc) is 3.35. The van der Waals surface area contributed by atoms with Crippen molar-refractivity contribution in [3.8, 4) is 0 Å². The Morgan fingerprint density at radius 3 is 2.06 bits per heavy atom. The van der Waals surface area contributed by atoms with E-state index in [1.54, 1.807) is 6.92 Å². The van der Waals surface area contributed by atoms with E-state index >= 15 is 0 Å². The number of rotatable bonds is 6. The third-order valence-corrected chi connectivity index (χ3v) is 7.05. The fourth-order valence-electron chi connectivity index (χ4n) is 5.15. The van der Waals surface area contributed by atoms with Crippen LogP contribution in [-0.4, -0.2) is 54.3 Å². The lowest BCUT2D eigenvalue weighted by atomic mass is 9.72. The van der Waals surface area contributed by atoms with Crippen LogP contribution < -0.4 is 5.32 Å². The number of hydrogen-bond acceptors (Lipinski definition) is 3. The Labute approximate surface area is 185 Å². The Morgan fingerprint density at radius 1 is 0.903 bits per heavy atom. The summed E-state index contributed by atoms with van der Waals surface area (Å²) in [4.78, 5) is 29.9. The van der Waals surface area contributed by atoms with Crippen LogP contribution in [0.15, 0.2) is 60.7 Å². The standard InChI is InChI=1S/C26H33N3O2/c1-21(30)28-18-14-26(15-19-28,23-12-6-3-7-13-23)25(31)27-20-24(29-16-8-9-17-29)22-10-4-2-5-11-22/h2-7,10-13,24H,8-9,14-20H2,1H3,(H,27,31). The van der Waals surface area contributed by atoms with Crippen molar-refractivity contribution in [2.75, 3.05) is 32.7 Å². The maximum atomic E-state index is 13.7. The van der Waals surface area contributed by atoms with Gasteiger partial charge < -0.3 is 10.2 Å². The summed E-state index contributed by atoms with van der Waals surface area (Å²) in [5.41, 5.74) is 1.72. The van der Waals surface area contributed by atoms with Crippen LogP contribution in [0.1, 0.15) is 49.8 Å². The number of likely N-dealkylation sites (tertiary alicyclic amines) is 2. The number of amides is 2. The number of benzene rings is 2. The molecule has 4 rings (SSSR count). The van der Waals surface area contributed by atoms with Gasteiger partial charge in [-0.3, -0.25) is 14.5 Å². The molecule has 0 spiro atoms. The van der Waals surface area contributed by atoms with E-state index in [-0.39, 0.29) is 17.9 Å². The maximum absolute atomic E-state index is 13.7. The monoisotopic (exact) mass is 419 g/mol. The van der Waals surface area contributed by atoms with Gasteiger partial charge in [0.05, 0.1) is 11.5 Å². The average molecular weight is 420 g/mol. The molecule has 5 heteroatoms. The molecule has 1 N–H and O–H groups in total. The van der Waals surface area contributed by atoms with Gasteiger partial charge >= 0.3 is 0 Å². The molecule has 2 aliphatic heterocycles. The Balaban J connectivity index is 1.54. The Bertz CT molecular complexity index is 870. The Morgan fingerprint density at radius 2 is 1.48 bits per heavy atom. The van der Waals surface area contributed by atoms with Gasteiger partial charge in [-0.25, -0.2) is 0 Å². The van der Waals surface area contributed by atoms with Gasteiger partial charge in [-0.05, 0) is 49.9 Å². The minimum atomic E-state index is -0.584. The van der Waals surface area contributed by atoms with Crippen molar-refractivity contribution in [2.45, 2.75) is 44.1 Å². The zero-order chi connectivity index (χ0) is 21.7. The van der Waals surface area contributed by atoms with Crippen LogP contribution in [0, 0.1) is 0 Å². The summed E-state index contributed by atoms with van der Waals surface area (Å²) in [5.74, 6) is 0.169. The number of nitrogens with one attached hydrogen (secondary N) is 1. The van der Waals surface area contributed by atoms with Crippen molar-refractivity contribution in [2.24, 2.45) is 0 Å². The van der Waals surface area contributed by atoms with Crippen molar-refractivity contribution < 1.29 is 9.59 Å². The molecule has 2 aromatic carbocycles. The Hall–Kier alpha value is -2.66. The van der Waals surface area contributed by atoms with E-state index < -0.39 is 5.41 Å². The highest BCUT2D eigenvalue weighted by atomic mass is 16.2. The lowest BCUT2D eigenvalue weighted by molar-refractivity contribution is -0.135. The van der Waals surface area contributed by atoms with Gasteiger partial charge in [0.1, 0.15) is 0 Å². The molecule has 2 aliphatic rings. The molecule has 1 unspecified atom stereocenters. The molecule has 1 atom stereocenters. The fourth-order valence-corrected chi connectivity index (χ4v) is 5.15. The lowest BCUT2D eigenvalue weighted by Gasteiger charge is -2.41. The van der Waals surface area contributed by atoms with Crippen LogP contribution in [0.3, 0.4) is 0 Å². The predicted molar refractivity (Wildman–Crippen MR) is 123 cm³/mol. The molecule has 0 saturated carbocycles. The minimum absolute atomic E-state index is 0.0836. The first-order chi connectivity index (χ1) is 15.1. The molecule has 31 heavy (non-hydrogen) atoms. The minimum Gasteiger partial charge on any atom is -0.353 e. The van der Waals surface area contributed by atoms with E-state index in [9.17, 15) is 9.59 Å². The predicted octanol–water partition coefficient (Wildman–Crippen LogP) is 3.52. The van der Waals surface area contributed by atoms with Crippen molar-refractivity contribution >= 4 is 11.8 Å². The Kier molecular flexibility index (Phi) is 6.71. The molecule has 2 amide bonds. The number of hydrogen-bond donors (Lipinski definition) is 1. The molecular formula is C26H33N3O2. The van der Waals surface area contributed by atoms with Crippen LogP contribution in [0.4, 0.5) is 0 Å². The van der Waals surface area contributed by atoms with E-state index in [0.29, 0.717) is 32.5 Å². The topological polar surface area (TPSA) is 52.7 Å². The third kappa shape index (κ3) is 4.67. The van der Waals surface area contributed by atoms with Crippen molar-refractivity contribution in [3.63, 3.8) is 0 Å². The summed E-state index contributed by atoms with van der Waals surface area (Å²) < 4.78 is 0. The van der Waals surface area contributed by atoms with Crippen molar-refractivity contribution in [1.29, 1.82) is 0 Å². The number of carbonyl (C=O) groups excluding carboxylic acids is 2. The summed E-state index contributed by atoms with van der Waals surface area (Å²) in [6.07, 6.45) is 3.74. The van der Waals surface area contributed by atoms with Gasteiger partial charge in [0.25, 0.3) is 0 Å². The maximum Gasteiger partial charge on any atom is 0.230 e. The number of nitrogens with zero attached hydrogens (tertiary/aromatic N) is 2. The molecule has 0 aromatic heterocycles. The molecule has 2 aromatic rings. The van der Waals surface area contributed by atoms with E-state index in [1.165, 1.54) is 18.4 Å². The third-order valence-electron chi connectivity index (χ3n) is 7.05. The normalized spacial score (nSPS) is 19.7. The second kappa shape index (κ2) is 9.65. The summed E-state index contributed by atoms with van der Waals surface area (Å²) in [7, 11) is 0. The zero-order valence-corrected chi connectivity index (χ0v) is 18.4. The SMILES string of the molecule is CC(=O)N1CCC(C(=O)NCC(c2ccccc2)N2CCCC2)(c2ccccc2)CC1. The first-order valence-corrected chi connectivity index (χ1v) is 11.5. The summed E-state index contributed by atoms with van der Waals surface area (Å²) in [6, 6.07) is 20.8. The first kappa shape index (κ1) is 21.6. The van der Waals surface area contributed by atoms with Gasteiger partial charge in [0.15, 0.2) is 0 Å². The van der Waals surface area contributed by atoms with Crippen LogP contribution in [-0.2, 0) is 15.0 Å². The van der Waals surface area contributed by atoms with Crippen LogP contribution in [0.5, 0.6) is 0 Å². The largest absolute Gasteiger partial charge is 0.353 e. The lowest BCUT2D eigenvalue weighted by Crippen LogP contribution is -2.53. The van der Waals surface area contributed by atoms with Crippen LogP contribution in [0.2, 0.25) is 0 Å². The summed E-state index contributed by atoms with van der Waals surface area (Å²) in [6.45, 7) is 5.60. The van der Waals surface area contributed by atoms with Gasteiger partial charge in [0.2, 0.25) is 11.8 Å². The van der Waals surface area contributed by atoms with Crippen LogP contribution >= 0.6 is 0 Å². The second-order valence-corrected chi connectivity index (χ2v) is 8.83. The highest BCUT2D eigenvalue weighted by molar-refractivity contribution is 5.89. The van der Waals surface area contributed by atoms with E-state index in [2.05, 4.69) is 46.6 Å². The van der Waals surface area contributed by atoms with Crippen LogP contribution in [0.25, 0.3) is 0 Å². The molecule has 164 valence electrons. The van der Waals surface area contributed by atoms with E-state index in [0.717, 1.165) is 18.7 Å². The first-order valence-electron chi connectivity index (χ1n) is 11.5. The van der Waals surface area contributed by atoms with Gasteiger partial charge in [-0.2, -0.15) is 0 Å². The van der Waals surface area contributed by atoms with Crippen molar-refractivity contribution in [3.05, 3.63) is 71.8 Å². The molecule has 2 heterocycles. The molecule has 0 radical (unpaired) electrons. The number of carbonyl (C=O) groups is 2. The molecule has 5 nitrogen and oxygen atoms in total. The van der Waals surface area contributed by atoms with Gasteiger partial charge in [-0.1, -0.05) is 60.7 Å². The van der Waals surface area contributed by atoms with Gasteiger partial charge in [0, 0.05) is 26.6 Å². The van der Waals surface area contributed by atoms with Gasteiger partial charge in [-0.15, -0.1) is 0 Å². The van der Waals surface area contributed by atoms with Crippen molar-refractivity contribution in [1.82, 2.24) is 15.1 Å². The number of piperidine rings is 1. The summed E-state index contributed by atoms with van der Waals surface area (Å²) >= 11 is 0. The second-order valence-electron chi connectivity index (χ2n) is 8.83. The molecule has 0 bridgehead atoms. The summed E-state index contributed by atoms with van der Waals surface area (Å²) in [5, 5.41) is 3.33. The molecule has 0 aliphatic carbocycles. The molecule has 2 fully saturated rings. The van der Waals surface area contributed by atoms with E-state index in [1.807, 2.05) is 29.2 Å². The molecule has 2 saturated heterocycles.